The van der Waals surface area contributed by atoms with E-state index in [-0.39, 0.29) is 0 Å². The number of hydrogen-bond donors (Lipinski definition) is 1. The summed E-state index contributed by atoms with van der Waals surface area (Å²) in [6.07, 6.45) is -0.445. The van der Waals surface area contributed by atoms with Gasteiger partial charge in [-0.25, -0.2) is 4.98 Å². The zero-order valence-corrected chi connectivity index (χ0v) is 11.6. The molecule has 0 fully saturated rings. The summed E-state index contributed by atoms with van der Waals surface area (Å²) in [5, 5.41) is 12.6. The molecule has 3 nitrogen and oxygen atoms in total. The monoisotopic (exact) mass is 263 g/mol. The first kappa shape index (κ1) is 13.1. The minimum absolute atomic E-state index is 0.445. The molecule has 0 aliphatic carbocycles. The first-order valence-electron chi connectivity index (χ1n) is 5.88. The second-order valence-electron chi connectivity index (χ2n) is 4.35. The fourth-order valence-corrected chi connectivity index (χ4v) is 2.32. The maximum atomic E-state index is 9.50. The first-order chi connectivity index (χ1) is 8.56. The summed E-state index contributed by atoms with van der Waals surface area (Å²) in [5.41, 5.74) is 2.89. The lowest BCUT2D eigenvalue weighted by Gasteiger charge is -2.11. The van der Waals surface area contributed by atoms with Gasteiger partial charge in [0.2, 0.25) is 0 Å². The van der Waals surface area contributed by atoms with Crippen LogP contribution in [0.4, 0.5) is 0 Å². The Labute approximate surface area is 111 Å². The van der Waals surface area contributed by atoms with E-state index in [9.17, 15) is 5.11 Å². The SMILES string of the molecule is Cc1nc(COc2ccc(C(C)O)cc2C)cs1. The van der Waals surface area contributed by atoms with Crippen molar-refractivity contribution >= 4 is 11.3 Å². The lowest BCUT2D eigenvalue weighted by Crippen LogP contribution is -1.99. The standard InChI is InChI=1S/C14H17NO2S/c1-9-6-12(10(2)16)4-5-14(9)17-7-13-8-18-11(3)15-13/h4-6,8,10,16H,7H2,1-3H3. The van der Waals surface area contributed by atoms with Crippen molar-refractivity contribution in [2.24, 2.45) is 0 Å². The number of ether oxygens (including phenoxy) is 1. The number of aliphatic hydroxyl groups is 1. The molecule has 1 N–H and O–H groups in total. The third-order valence-electron chi connectivity index (χ3n) is 2.72. The largest absolute Gasteiger partial charge is 0.487 e. The van der Waals surface area contributed by atoms with Crippen LogP contribution >= 0.6 is 11.3 Å². The Morgan fingerprint density at radius 2 is 2.17 bits per heavy atom. The summed E-state index contributed by atoms with van der Waals surface area (Å²) >= 11 is 1.63. The molecule has 4 heteroatoms. The molecule has 0 aliphatic heterocycles. The van der Waals surface area contributed by atoms with E-state index < -0.39 is 6.10 Å². The van der Waals surface area contributed by atoms with Gasteiger partial charge in [0.25, 0.3) is 0 Å². The van der Waals surface area contributed by atoms with Crippen LogP contribution in [-0.4, -0.2) is 10.1 Å². The van der Waals surface area contributed by atoms with Gasteiger partial charge in [-0.05, 0) is 44.0 Å². The predicted molar refractivity (Wildman–Crippen MR) is 73.0 cm³/mol. The average Bonchev–Trinajstić information content (AvgIpc) is 2.73. The Kier molecular flexibility index (Phi) is 3.99. The van der Waals surface area contributed by atoms with E-state index in [1.165, 1.54) is 0 Å². The lowest BCUT2D eigenvalue weighted by atomic mass is 10.1. The number of aryl methyl sites for hydroxylation is 2. The van der Waals surface area contributed by atoms with E-state index in [1.54, 1.807) is 18.3 Å². The first-order valence-corrected chi connectivity index (χ1v) is 6.76. The van der Waals surface area contributed by atoms with E-state index in [4.69, 9.17) is 4.74 Å². The molecule has 1 atom stereocenters. The van der Waals surface area contributed by atoms with Crippen molar-refractivity contribution in [2.75, 3.05) is 0 Å². The van der Waals surface area contributed by atoms with Gasteiger partial charge in [-0.3, -0.25) is 0 Å². The molecule has 0 saturated carbocycles. The van der Waals surface area contributed by atoms with Crippen LogP contribution in [0.25, 0.3) is 0 Å². The van der Waals surface area contributed by atoms with Crippen LogP contribution < -0.4 is 4.74 Å². The highest BCUT2D eigenvalue weighted by atomic mass is 32.1. The number of hydrogen-bond acceptors (Lipinski definition) is 4. The highest BCUT2D eigenvalue weighted by Gasteiger charge is 2.06. The normalized spacial score (nSPS) is 12.4. The Morgan fingerprint density at radius 3 is 2.72 bits per heavy atom. The van der Waals surface area contributed by atoms with Crippen molar-refractivity contribution in [3.63, 3.8) is 0 Å². The zero-order chi connectivity index (χ0) is 13.1. The van der Waals surface area contributed by atoms with Crippen molar-refractivity contribution in [3.05, 3.63) is 45.4 Å². The molecule has 96 valence electrons. The molecule has 2 rings (SSSR count). The van der Waals surface area contributed by atoms with Gasteiger partial charge in [0.15, 0.2) is 0 Å². The van der Waals surface area contributed by atoms with Gasteiger partial charge in [0.05, 0.1) is 16.8 Å². The van der Waals surface area contributed by atoms with Crippen molar-refractivity contribution in [2.45, 2.75) is 33.5 Å². The molecule has 0 aliphatic rings. The van der Waals surface area contributed by atoms with E-state index in [0.29, 0.717) is 6.61 Å². The van der Waals surface area contributed by atoms with Crippen molar-refractivity contribution < 1.29 is 9.84 Å². The molecule has 1 aromatic heterocycles. The third-order valence-corrected chi connectivity index (χ3v) is 3.55. The Morgan fingerprint density at radius 1 is 1.39 bits per heavy atom. The van der Waals surface area contributed by atoms with Crippen LogP contribution in [-0.2, 0) is 6.61 Å². The number of thiazole rings is 1. The van der Waals surface area contributed by atoms with Gasteiger partial charge in [0, 0.05) is 5.38 Å². The fraction of sp³-hybridized carbons (Fsp3) is 0.357. The molecular weight excluding hydrogens is 246 g/mol. The summed E-state index contributed by atoms with van der Waals surface area (Å²) in [6, 6.07) is 5.74. The second-order valence-corrected chi connectivity index (χ2v) is 5.41. The number of rotatable bonds is 4. The van der Waals surface area contributed by atoms with E-state index in [1.807, 2.05) is 37.4 Å². The topological polar surface area (TPSA) is 42.4 Å². The quantitative estimate of drug-likeness (QED) is 0.919. The smallest absolute Gasteiger partial charge is 0.131 e. The molecule has 18 heavy (non-hydrogen) atoms. The summed E-state index contributed by atoms with van der Waals surface area (Å²) < 4.78 is 5.73. The second kappa shape index (κ2) is 5.50. The number of benzene rings is 1. The molecule has 0 spiro atoms. The highest BCUT2D eigenvalue weighted by Crippen LogP contribution is 2.23. The maximum absolute atomic E-state index is 9.50. The van der Waals surface area contributed by atoms with Gasteiger partial charge < -0.3 is 9.84 Å². The summed E-state index contributed by atoms with van der Waals surface area (Å²) in [4.78, 5) is 4.35. The average molecular weight is 263 g/mol. The summed E-state index contributed by atoms with van der Waals surface area (Å²) in [6.45, 7) is 6.21. The van der Waals surface area contributed by atoms with Gasteiger partial charge in [0.1, 0.15) is 12.4 Å². The highest BCUT2D eigenvalue weighted by molar-refractivity contribution is 7.09. The number of nitrogens with zero attached hydrogens (tertiary/aromatic N) is 1. The zero-order valence-electron chi connectivity index (χ0n) is 10.8. The Hall–Kier alpha value is -1.39. The van der Waals surface area contributed by atoms with E-state index in [2.05, 4.69) is 4.98 Å². The number of aromatic nitrogens is 1. The molecule has 0 bridgehead atoms. The van der Waals surface area contributed by atoms with Crippen LogP contribution in [0.3, 0.4) is 0 Å². The van der Waals surface area contributed by atoms with Gasteiger partial charge >= 0.3 is 0 Å². The Balaban J connectivity index is 2.05. The van der Waals surface area contributed by atoms with Crippen LogP contribution in [0.1, 0.15) is 34.9 Å². The number of aliphatic hydroxyl groups excluding tert-OH is 1. The van der Waals surface area contributed by atoms with Crippen LogP contribution in [0.2, 0.25) is 0 Å². The minimum atomic E-state index is -0.445. The maximum Gasteiger partial charge on any atom is 0.131 e. The molecule has 0 amide bonds. The predicted octanol–water partition coefficient (Wildman–Crippen LogP) is 3.39. The Bertz CT molecular complexity index is 534. The molecule has 0 saturated heterocycles. The van der Waals surface area contributed by atoms with E-state index in [0.717, 1.165) is 27.6 Å². The van der Waals surface area contributed by atoms with Crippen molar-refractivity contribution in [1.29, 1.82) is 0 Å². The molecule has 1 unspecified atom stereocenters. The van der Waals surface area contributed by atoms with E-state index >= 15 is 0 Å². The fourth-order valence-electron chi connectivity index (χ4n) is 1.72. The minimum Gasteiger partial charge on any atom is -0.487 e. The molecule has 0 radical (unpaired) electrons. The van der Waals surface area contributed by atoms with Gasteiger partial charge in [-0.2, -0.15) is 0 Å². The van der Waals surface area contributed by atoms with Crippen LogP contribution in [0.15, 0.2) is 23.6 Å². The lowest BCUT2D eigenvalue weighted by molar-refractivity contribution is 0.199. The molecular formula is C14H17NO2S. The summed E-state index contributed by atoms with van der Waals surface area (Å²) in [5.74, 6) is 0.838. The van der Waals surface area contributed by atoms with Crippen LogP contribution in [0, 0.1) is 13.8 Å². The van der Waals surface area contributed by atoms with Crippen molar-refractivity contribution in [1.82, 2.24) is 4.98 Å². The van der Waals surface area contributed by atoms with Gasteiger partial charge in [-0.1, -0.05) is 6.07 Å². The van der Waals surface area contributed by atoms with Crippen LogP contribution in [0.5, 0.6) is 5.75 Å². The summed E-state index contributed by atoms with van der Waals surface area (Å²) in [7, 11) is 0. The third kappa shape index (κ3) is 3.09. The molecule has 1 aromatic carbocycles. The molecule has 2 aromatic rings. The van der Waals surface area contributed by atoms with Crippen molar-refractivity contribution in [3.8, 4) is 5.75 Å². The molecule has 1 heterocycles. The van der Waals surface area contributed by atoms with Gasteiger partial charge in [-0.15, -0.1) is 11.3 Å².